The number of nitrogens with zero attached hydrogens (tertiary/aromatic N) is 1. The molecule has 0 N–H and O–H groups in total. The molecule has 0 atom stereocenters. The van der Waals surface area contributed by atoms with Gasteiger partial charge in [-0.1, -0.05) is 17.7 Å². The Bertz CT molecular complexity index is 245. The van der Waals surface area contributed by atoms with Crippen molar-refractivity contribution in [1.82, 2.24) is 0 Å². The number of amides is 1. The Balaban J connectivity index is 0.00000121. The van der Waals surface area contributed by atoms with E-state index < -0.39 is 0 Å². The third kappa shape index (κ3) is 2.73. The molecule has 0 radical (unpaired) electrons. The minimum Gasteiger partial charge on any atom is -0.479 e. The van der Waals surface area contributed by atoms with Gasteiger partial charge in [0, 0.05) is 0 Å². The normalized spacial score (nSPS) is 8.50. The number of carbonyl (C=O) groups excluding carboxylic acids is 1. The van der Waals surface area contributed by atoms with E-state index in [1.54, 1.807) is 13.5 Å². The maximum atomic E-state index is 10.2. The van der Waals surface area contributed by atoms with E-state index in [4.69, 9.17) is 0 Å². The van der Waals surface area contributed by atoms with Crippen molar-refractivity contribution in [3.63, 3.8) is 0 Å². The quantitative estimate of drug-likeness (QED) is 0.289. The van der Waals surface area contributed by atoms with Crippen LogP contribution in [0.4, 0.5) is 5.69 Å². The fraction of sp³-hybridized carbons (Fsp3) is 0.222. The SMILES string of the molecule is Cc1ccc(N(C)[C-]=O)cc1.[Li+]. The van der Waals surface area contributed by atoms with Crippen LogP contribution in [0.15, 0.2) is 24.3 Å². The number of rotatable bonds is 2. The number of aryl methyl sites for hydroxylation is 1. The molecule has 3 heteroatoms. The summed E-state index contributed by atoms with van der Waals surface area (Å²) >= 11 is 0. The Morgan fingerprint density at radius 2 is 1.75 bits per heavy atom. The zero-order chi connectivity index (χ0) is 8.27. The molecule has 0 unspecified atom stereocenters. The number of anilines is 1. The van der Waals surface area contributed by atoms with Crippen molar-refractivity contribution >= 4 is 12.1 Å². The zero-order valence-electron chi connectivity index (χ0n) is 7.66. The minimum atomic E-state index is 0. The molecule has 1 amide bonds. The molecular weight excluding hydrogens is 145 g/mol. The van der Waals surface area contributed by atoms with Gasteiger partial charge in [-0.3, -0.25) is 0 Å². The fourth-order valence-electron chi connectivity index (χ4n) is 0.821. The molecule has 0 spiro atoms. The smallest absolute Gasteiger partial charge is 0.479 e. The Labute approximate surface area is 84.7 Å². The van der Waals surface area contributed by atoms with E-state index in [1.807, 2.05) is 31.2 Å². The molecular formula is C9H10LiNO. The van der Waals surface area contributed by atoms with E-state index in [0.717, 1.165) is 5.69 Å². The second-order valence-electron chi connectivity index (χ2n) is 2.49. The largest absolute Gasteiger partial charge is 1.00 e. The van der Waals surface area contributed by atoms with Crippen LogP contribution in [0, 0.1) is 6.92 Å². The molecule has 0 aliphatic rings. The first-order chi connectivity index (χ1) is 5.24. The summed E-state index contributed by atoms with van der Waals surface area (Å²) in [5.74, 6) is 0. The van der Waals surface area contributed by atoms with Crippen LogP contribution in [0.3, 0.4) is 0 Å². The molecule has 0 heterocycles. The van der Waals surface area contributed by atoms with E-state index in [9.17, 15) is 4.79 Å². The summed E-state index contributed by atoms with van der Waals surface area (Å²) in [5.41, 5.74) is 2.05. The van der Waals surface area contributed by atoms with Crippen LogP contribution in [0.2, 0.25) is 0 Å². The van der Waals surface area contributed by atoms with Gasteiger partial charge >= 0.3 is 18.9 Å². The van der Waals surface area contributed by atoms with Gasteiger partial charge < -0.3 is 9.69 Å². The molecule has 2 nitrogen and oxygen atoms in total. The average molecular weight is 155 g/mol. The number of hydrogen-bond acceptors (Lipinski definition) is 1. The predicted molar refractivity (Wildman–Crippen MR) is 45.3 cm³/mol. The maximum absolute atomic E-state index is 10.2. The summed E-state index contributed by atoms with van der Waals surface area (Å²) < 4.78 is 0. The molecule has 1 rings (SSSR count). The second-order valence-corrected chi connectivity index (χ2v) is 2.49. The van der Waals surface area contributed by atoms with E-state index in [0.29, 0.717) is 0 Å². The van der Waals surface area contributed by atoms with Crippen LogP contribution in [0.1, 0.15) is 5.56 Å². The minimum absolute atomic E-state index is 0. The topological polar surface area (TPSA) is 20.3 Å². The van der Waals surface area contributed by atoms with Gasteiger partial charge in [0.2, 0.25) is 0 Å². The molecule has 0 saturated heterocycles. The van der Waals surface area contributed by atoms with E-state index >= 15 is 0 Å². The van der Waals surface area contributed by atoms with Crippen molar-refractivity contribution in [1.29, 1.82) is 0 Å². The summed E-state index contributed by atoms with van der Waals surface area (Å²) in [4.78, 5) is 11.6. The molecule has 0 bridgehead atoms. The number of benzene rings is 1. The summed E-state index contributed by atoms with van der Waals surface area (Å²) in [6.07, 6.45) is 1.78. The molecule has 0 saturated carbocycles. The van der Waals surface area contributed by atoms with Crippen molar-refractivity contribution in [2.75, 3.05) is 11.9 Å². The van der Waals surface area contributed by atoms with Crippen molar-refractivity contribution in [2.45, 2.75) is 6.92 Å². The standard InChI is InChI=1S/C9H10NO.Li/c1-8-3-5-9(6-4-8)10(2)7-11;/h3-6H,1-2H3;/q-1;+1. The third-order valence-electron chi connectivity index (χ3n) is 1.56. The first-order valence-electron chi connectivity index (χ1n) is 3.42. The second kappa shape index (κ2) is 5.03. The average Bonchev–Trinajstić information content (AvgIpc) is 2.05. The van der Waals surface area contributed by atoms with Crippen LogP contribution >= 0.6 is 0 Å². The van der Waals surface area contributed by atoms with Crippen LogP contribution in [0.25, 0.3) is 0 Å². The molecule has 1 aromatic rings. The summed E-state index contributed by atoms with van der Waals surface area (Å²) in [6, 6.07) is 7.70. The van der Waals surface area contributed by atoms with Crippen molar-refractivity contribution in [3.05, 3.63) is 29.8 Å². The van der Waals surface area contributed by atoms with Gasteiger partial charge in [-0.15, -0.1) is 17.8 Å². The predicted octanol–water partition coefficient (Wildman–Crippen LogP) is -1.50. The molecule has 0 aliphatic carbocycles. The summed E-state index contributed by atoms with van der Waals surface area (Å²) in [5, 5.41) is 0. The molecule has 0 aliphatic heterocycles. The van der Waals surface area contributed by atoms with Crippen LogP contribution in [-0.4, -0.2) is 13.5 Å². The zero-order valence-corrected chi connectivity index (χ0v) is 7.66. The maximum Gasteiger partial charge on any atom is 1.00 e. The van der Waals surface area contributed by atoms with Gasteiger partial charge in [0.25, 0.3) is 0 Å². The van der Waals surface area contributed by atoms with Crippen LogP contribution in [0.5, 0.6) is 0 Å². The van der Waals surface area contributed by atoms with E-state index in [2.05, 4.69) is 0 Å². The van der Waals surface area contributed by atoms with Crippen molar-refractivity contribution in [2.24, 2.45) is 0 Å². The summed E-state index contributed by atoms with van der Waals surface area (Å²) in [6.45, 7) is 2.01. The molecule has 1 aromatic carbocycles. The Morgan fingerprint density at radius 3 is 2.17 bits per heavy atom. The third-order valence-corrected chi connectivity index (χ3v) is 1.56. The van der Waals surface area contributed by atoms with E-state index in [1.165, 1.54) is 10.5 Å². The molecule has 0 aromatic heterocycles. The number of hydrogen-bond donors (Lipinski definition) is 0. The van der Waals surface area contributed by atoms with Gasteiger partial charge in [0.15, 0.2) is 0 Å². The monoisotopic (exact) mass is 155 g/mol. The molecule has 12 heavy (non-hydrogen) atoms. The Morgan fingerprint density at radius 1 is 1.25 bits per heavy atom. The van der Waals surface area contributed by atoms with Crippen LogP contribution < -0.4 is 23.8 Å². The fourth-order valence-corrected chi connectivity index (χ4v) is 0.821. The Hall–Kier alpha value is -0.713. The van der Waals surface area contributed by atoms with Gasteiger partial charge in [-0.25, -0.2) is 0 Å². The summed E-state index contributed by atoms with van der Waals surface area (Å²) in [7, 11) is 1.68. The first kappa shape index (κ1) is 11.3. The van der Waals surface area contributed by atoms with Crippen molar-refractivity contribution < 1.29 is 23.7 Å². The molecule has 58 valence electrons. The van der Waals surface area contributed by atoms with Gasteiger partial charge in [0.05, 0.1) is 6.41 Å². The molecule has 0 fully saturated rings. The van der Waals surface area contributed by atoms with E-state index in [-0.39, 0.29) is 18.9 Å². The van der Waals surface area contributed by atoms with Gasteiger partial charge in [-0.05, 0) is 14.0 Å². The van der Waals surface area contributed by atoms with Gasteiger partial charge in [0.1, 0.15) is 0 Å². The Kier molecular flexibility index (Phi) is 4.73. The van der Waals surface area contributed by atoms with Crippen LogP contribution in [-0.2, 0) is 4.79 Å². The van der Waals surface area contributed by atoms with Gasteiger partial charge in [-0.2, -0.15) is 0 Å². The first-order valence-corrected chi connectivity index (χ1v) is 3.42. The van der Waals surface area contributed by atoms with Crippen molar-refractivity contribution in [3.8, 4) is 0 Å².